The van der Waals surface area contributed by atoms with Gasteiger partial charge in [-0.05, 0) is 36.6 Å². The SMILES string of the molecule is CN(Cc1cccs1)C(=O)C1CC2CCCCC2N1. The third kappa shape index (κ3) is 2.84. The van der Waals surface area contributed by atoms with E-state index >= 15 is 0 Å². The van der Waals surface area contributed by atoms with Gasteiger partial charge in [0.25, 0.3) is 0 Å². The third-order valence-corrected chi connectivity index (χ3v) is 5.37. The van der Waals surface area contributed by atoms with Crippen LogP contribution in [-0.4, -0.2) is 29.9 Å². The molecule has 1 saturated heterocycles. The molecule has 1 aromatic heterocycles. The number of carbonyl (C=O) groups excluding carboxylic acids is 1. The fourth-order valence-electron chi connectivity index (χ4n) is 3.49. The van der Waals surface area contributed by atoms with Gasteiger partial charge < -0.3 is 10.2 Å². The molecule has 2 aliphatic rings. The minimum absolute atomic E-state index is 0.0538. The zero-order valence-electron chi connectivity index (χ0n) is 11.5. The lowest BCUT2D eigenvalue weighted by Crippen LogP contribution is -2.43. The summed E-state index contributed by atoms with van der Waals surface area (Å²) >= 11 is 1.72. The number of amides is 1. The highest BCUT2D eigenvalue weighted by atomic mass is 32.1. The van der Waals surface area contributed by atoms with Crippen LogP contribution in [0.25, 0.3) is 0 Å². The molecule has 3 nitrogen and oxygen atoms in total. The second-order valence-corrected chi connectivity index (χ2v) is 6.91. The summed E-state index contributed by atoms with van der Waals surface area (Å²) in [5.41, 5.74) is 0. The normalized spacial score (nSPS) is 30.1. The summed E-state index contributed by atoms with van der Waals surface area (Å²) in [6.45, 7) is 0.740. The Hall–Kier alpha value is -0.870. The van der Waals surface area contributed by atoms with Crippen LogP contribution in [0, 0.1) is 5.92 Å². The highest BCUT2D eigenvalue weighted by Crippen LogP contribution is 2.33. The van der Waals surface area contributed by atoms with E-state index < -0.39 is 0 Å². The lowest BCUT2D eigenvalue weighted by Gasteiger charge is -2.24. The van der Waals surface area contributed by atoms with E-state index in [0.29, 0.717) is 6.04 Å². The van der Waals surface area contributed by atoms with Gasteiger partial charge in [-0.2, -0.15) is 0 Å². The quantitative estimate of drug-likeness (QED) is 0.922. The van der Waals surface area contributed by atoms with Crippen LogP contribution in [0.4, 0.5) is 0 Å². The van der Waals surface area contributed by atoms with Crippen LogP contribution in [0.1, 0.15) is 37.0 Å². The maximum Gasteiger partial charge on any atom is 0.239 e. The van der Waals surface area contributed by atoms with E-state index in [1.54, 1.807) is 11.3 Å². The molecule has 3 rings (SSSR count). The van der Waals surface area contributed by atoms with Crippen molar-refractivity contribution >= 4 is 17.2 Å². The van der Waals surface area contributed by atoms with E-state index in [9.17, 15) is 4.79 Å². The van der Waals surface area contributed by atoms with Crippen molar-refractivity contribution in [3.8, 4) is 0 Å². The van der Waals surface area contributed by atoms with E-state index in [4.69, 9.17) is 0 Å². The van der Waals surface area contributed by atoms with Gasteiger partial charge in [-0.25, -0.2) is 0 Å². The zero-order chi connectivity index (χ0) is 13.2. The molecule has 0 aromatic carbocycles. The van der Waals surface area contributed by atoms with Crippen LogP contribution in [0.2, 0.25) is 0 Å². The van der Waals surface area contributed by atoms with Gasteiger partial charge in [-0.1, -0.05) is 18.9 Å². The van der Waals surface area contributed by atoms with Crippen molar-refractivity contribution in [2.75, 3.05) is 7.05 Å². The van der Waals surface area contributed by atoms with Gasteiger partial charge in [0, 0.05) is 18.0 Å². The van der Waals surface area contributed by atoms with Crippen LogP contribution < -0.4 is 5.32 Å². The third-order valence-electron chi connectivity index (χ3n) is 4.51. The Morgan fingerprint density at radius 2 is 2.32 bits per heavy atom. The van der Waals surface area contributed by atoms with Crippen LogP contribution in [0.3, 0.4) is 0 Å². The fourth-order valence-corrected chi connectivity index (χ4v) is 4.25. The lowest BCUT2D eigenvalue weighted by atomic mass is 9.85. The molecule has 4 heteroatoms. The molecule has 1 amide bonds. The summed E-state index contributed by atoms with van der Waals surface area (Å²) in [6, 6.07) is 4.78. The van der Waals surface area contributed by atoms with Gasteiger partial charge in [-0.3, -0.25) is 4.79 Å². The number of nitrogens with one attached hydrogen (secondary N) is 1. The Morgan fingerprint density at radius 1 is 1.47 bits per heavy atom. The second-order valence-electron chi connectivity index (χ2n) is 5.88. The Morgan fingerprint density at radius 3 is 3.05 bits per heavy atom. The molecule has 0 spiro atoms. The standard InChI is InChI=1S/C15H22N2OS/c1-17(10-12-6-4-8-19-12)15(18)14-9-11-5-2-3-7-13(11)16-14/h4,6,8,11,13-14,16H,2-3,5,7,9-10H2,1H3. The fraction of sp³-hybridized carbons (Fsp3) is 0.667. The van der Waals surface area contributed by atoms with Crippen molar-refractivity contribution in [2.45, 2.75) is 50.7 Å². The molecule has 3 atom stereocenters. The first-order valence-corrected chi connectivity index (χ1v) is 8.15. The van der Waals surface area contributed by atoms with E-state index in [2.05, 4.69) is 16.8 Å². The monoisotopic (exact) mass is 278 g/mol. The van der Waals surface area contributed by atoms with Crippen molar-refractivity contribution in [2.24, 2.45) is 5.92 Å². The van der Waals surface area contributed by atoms with Gasteiger partial charge >= 0.3 is 0 Å². The summed E-state index contributed by atoms with van der Waals surface area (Å²) in [5, 5.41) is 5.63. The van der Waals surface area contributed by atoms with Gasteiger partial charge in [0.05, 0.1) is 12.6 Å². The first-order chi connectivity index (χ1) is 9.24. The second kappa shape index (κ2) is 5.63. The minimum Gasteiger partial charge on any atom is -0.339 e. The highest BCUT2D eigenvalue weighted by molar-refractivity contribution is 7.09. The predicted molar refractivity (Wildman–Crippen MR) is 78.1 cm³/mol. The zero-order valence-corrected chi connectivity index (χ0v) is 12.3. The summed E-state index contributed by atoms with van der Waals surface area (Å²) in [4.78, 5) is 15.6. The van der Waals surface area contributed by atoms with Crippen molar-refractivity contribution in [3.05, 3.63) is 22.4 Å². The maximum atomic E-state index is 12.5. The molecule has 2 fully saturated rings. The maximum absolute atomic E-state index is 12.5. The van der Waals surface area contributed by atoms with Crippen LogP contribution in [0.15, 0.2) is 17.5 Å². The molecule has 1 aromatic rings. The molecule has 19 heavy (non-hydrogen) atoms. The number of carbonyl (C=O) groups is 1. The molecular weight excluding hydrogens is 256 g/mol. The van der Waals surface area contributed by atoms with Gasteiger partial charge in [-0.15, -0.1) is 11.3 Å². The van der Waals surface area contributed by atoms with E-state index in [1.165, 1.54) is 30.6 Å². The van der Waals surface area contributed by atoms with Crippen molar-refractivity contribution < 1.29 is 4.79 Å². The average molecular weight is 278 g/mol. The Balaban J connectivity index is 1.58. The molecule has 1 aliphatic heterocycles. The lowest BCUT2D eigenvalue weighted by molar-refractivity contribution is -0.132. The molecule has 1 saturated carbocycles. The number of likely N-dealkylation sites (N-methyl/N-ethyl adjacent to an activating group) is 1. The molecule has 3 unspecified atom stereocenters. The molecule has 1 aliphatic carbocycles. The molecule has 1 N–H and O–H groups in total. The van der Waals surface area contributed by atoms with Gasteiger partial charge in [0.2, 0.25) is 5.91 Å². The number of fused-ring (bicyclic) bond motifs is 1. The summed E-state index contributed by atoms with van der Waals surface area (Å²) < 4.78 is 0. The number of rotatable bonds is 3. The number of hydrogen-bond donors (Lipinski definition) is 1. The van der Waals surface area contributed by atoms with E-state index in [-0.39, 0.29) is 11.9 Å². The van der Waals surface area contributed by atoms with Crippen molar-refractivity contribution in [3.63, 3.8) is 0 Å². The molecule has 104 valence electrons. The van der Waals surface area contributed by atoms with Gasteiger partial charge in [0.15, 0.2) is 0 Å². The summed E-state index contributed by atoms with van der Waals surface area (Å²) in [7, 11) is 1.92. The first kappa shape index (κ1) is 13.1. The van der Waals surface area contributed by atoms with Crippen LogP contribution >= 0.6 is 11.3 Å². The summed E-state index contributed by atoms with van der Waals surface area (Å²) in [5.74, 6) is 1.00. The topological polar surface area (TPSA) is 32.3 Å². The predicted octanol–water partition coefficient (Wildman–Crippen LogP) is 2.63. The van der Waals surface area contributed by atoms with E-state index in [0.717, 1.165) is 18.9 Å². The first-order valence-electron chi connectivity index (χ1n) is 7.27. The highest BCUT2D eigenvalue weighted by Gasteiger charge is 2.39. The molecule has 0 radical (unpaired) electrons. The molecule has 0 bridgehead atoms. The Kier molecular flexibility index (Phi) is 3.89. The van der Waals surface area contributed by atoms with Crippen molar-refractivity contribution in [1.29, 1.82) is 0 Å². The van der Waals surface area contributed by atoms with Crippen LogP contribution in [-0.2, 0) is 11.3 Å². The number of thiophene rings is 1. The largest absolute Gasteiger partial charge is 0.339 e. The van der Waals surface area contributed by atoms with Crippen molar-refractivity contribution in [1.82, 2.24) is 10.2 Å². The van der Waals surface area contributed by atoms with E-state index in [1.807, 2.05) is 18.0 Å². The molecular formula is C15H22N2OS. The number of hydrogen-bond acceptors (Lipinski definition) is 3. The number of nitrogens with zero attached hydrogens (tertiary/aromatic N) is 1. The Labute approximate surface area is 119 Å². The Bertz CT molecular complexity index is 417. The smallest absolute Gasteiger partial charge is 0.239 e. The summed E-state index contributed by atoms with van der Waals surface area (Å²) in [6.07, 6.45) is 6.26. The molecule has 2 heterocycles. The van der Waals surface area contributed by atoms with Gasteiger partial charge in [0.1, 0.15) is 0 Å². The average Bonchev–Trinajstić information content (AvgIpc) is 3.05. The van der Waals surface area contributed by atoms with Crippen LogP contribution in [0.5, 0.6) is 0 Å². The minimum atomic E-state index is 0.0538.